The van der Waals surface area contributed by atoms with Crippen LogP contribution in [0.15, 0.2) is 16.6 Å². The van der Waals surface area contributed by atoms with E-state index < -0.39 is 12.1 Å². The van der Waals surface area contributed by atoms with Crippen LogP contribution >= 0.6 is 15.9 Å². The molecule has 15 heavy (non-hydrogen) atoms. The molecule has 1 rings (SSSR count). The zero-order valence-electron chi connectivity index (χ0n) is 7.86. The molecule has 1 aromatic rings. The molecule has 0 amide bonds. The van der Waals surface area contributed by atoms with Crippen molar-refractivity contribution in [2.45, 2.75) is 13.0 Å². The van der Waals surface area contributed by atoms with Crippen molar-refractivity contribution in [1.29, 1.82) is 5.26 Å². The lowest BCUT2D eigenvalue weighted by Crippen LogP contribution is -2.06. The third-order valence-corrected chi connectivity index (χ3v) is 2.56. The summed E-state index contributed by atoms with van der Waals surface area (Å²) in [6, 6.07) is 4.58. The number of hydrogen-bond acceptors (Lipinski definition) is 3. The maximum Gasteiger partial charge on any atom is 0.336 e. The van der Waals surface area contributed by atoms with Crippen molar-refractivity contribution >= 4 is 21.9 Å². The van der Waals surface area contributed by atoms with E-state index in [2.05, 4.69) is 15.9 Å². The van der Waals surface area contributed by atoms with Gasteiger partial charge in [0, 0.05) is 10.0 Å². The number of aliphatic hydroxyl groups excluding tert-OH is 1. The number of benzene rings is 1. The fourth-order valence-corrected chi connectivity index (χ4v) is 2.08. The highest BCUT2D eigenvalue weighted by Gasteiger charge is 2.18. The quantitative estimate of drug-likeness (QED) is 0.861. The van der Waals surface area contributed by atoms with E-state index in [1.807, 2.05) is 6.07 Å². The third kappa shape index (κ3) is 2.35. The Morgan fingerprint density at radius 1 is 1.60 bits per heavy atom. The molecule has 0 spiro atoms. The van der Waals surface area contributed by atoms with E-state index in [0.717, 1.165) is 0 Å². The van der Waals surface area contributed by atoms with Gasteiger partial charge in [-0.05, 0) is 19.1 Å². The van der Waals surface area contributed by atoms with Gasteiger partial charge < -0.3 is 10.2 Å². The number of carboxylic acids is 1. The fourth-order valence-electron chi connectivity index (χ4n) is 1.28. The summed E-state index contributed by atoms with van der Waals surface area (Å²) in [7, 11) is 0. The number of nitrogens with zero attached hydrogens (tertiary/aromatic N) is 1. The van der Waals surface area contributed by atoms with Crippen LogP contribution in [0.4, 0.5) is 0 Å². The Kier molecular flexibility index (Phi) is 3.45. The van der Waals surface area contributed by atoms with Gasteiger partial charge in [0.25, 0.3) is 0 Å². The summed E-state index contributed by atoms with van der Waals surface area (Å²) in [4.78, 5) is 10.9. The maximum absolute atomic E-state index is 10.9. The van der Waals surface area contributed by atoms with Crippen LogP contribution in [0.3, 0.4) is 0 Å². The Morgan fingerprint density at radius 3 is 2.60 bits per heavy atom. The van der Waals surface area contributed by atoms with Gasteiger partial charge in [-0.3, -0.25) is 0 Å². The minimum Gasteiger partial charge on any atom is -0.478 e. The predicted molar refractivity (Wildman–Crippen MR) is 56.5 cm³/mol. The Bertz CT molecular complexity index is 449. The standard InChI is InChI=1S/C10H8BrNO3/c1-5(13)9-7(10(14)15)2-6(4-12)3-8(9)11/h2-3,5,13H,1H3,(H,14,15). The van der Waals surface area contributed by atoms with Gasteiger partial charge in [0.2, 0.25) is 0 Å². The Balaban J connectivity index is 3.51. The highest BCUT2D eigenvalue weighted by atomic mass is 79.9. The average Bonchev–Trinajstić information content (AvgIpc) is 2.15. The second-order valence-electron chi connectivity index (χ2n) is 3.01. The fraction of sp³-hybridized carbons (Fsp3) is 0.200. The van der Waals surface area contributed by atoms with E-state index in [9.17, 15) is 9.90 Å². The maximum atomic E-state index is 10.9. The average molecular weight is 270 g/mol. The SMILES string of the molecule is CC(O)c1c(Br)cc(C#N)cc1C(=O)O. The summed E-state index contributed by atoms with van der Waals surface area (Å²) in [6.07, 6.45) is -0.904. The molecular formula is C10H8BrNO3. The van der Waals surface area contributed by atoms with Gasteiger partial charge in [0.05, 0.1) is 23.3 Å². The van der Waals surface area contributed by atoms with Crippen LogP contribution in [-0.4, -0.2) is 16.2 Å². The first-order valence-corrected chi connectivity index (χ1v) is 4.91. The molecule has 1 unspecified atom stereocenters. The summed E-state index contributed by atoms with van der Waals surface area (Å²) in [5.74, 6) is -1.16. The molecule has 0 heterocycles. The van der Waals surface area contributed by atoms with Crippen molar-refractivity contribution in [3.05, 3.63) is 33.3 Å². The first-order valence-electron chi connectivity index (χ1n) is 4.12. The van der Waals surface area contributed by atoms with Crippen LogP contribution in [-0.2, 0) is 0 Å². The van der Waals surface area contributed by atoms with Gasteiger partial charge in [-0.15, -0.1) is 0 Å². The van der Waals surface area contributed by atoms with Crippen LogP contribution in [0.25, 0.3) is 0 Å². The smallest absolute Gasteiger partial charge is 0.336 e. The second-order valence-corrected chi connectivity index (χ2v) is 3.87. The van der Waals surface area contributed by atoms with Crippen molar-refractivity contribution < 1.29 is 15.0 Å². The molecule has 0 aliphatic rings. The number of carbonyl (C=O) groups is 1. The van der Waals surface area contributed by atoms with Gasteiger partial charge in [-0.1, -0.05) is 15.9 Å². The largest absolute Gasteiger partial charge is 0.478 e. The molecule has 2 N–H and O–H groups in total. The molecule has 0 aromatic heterocycles. The van der Waals surface area contributed by atoms with Crippen molar-refractivity contribution in [3.8, 4) is 6.07 Å². The molecule has 0 saturated heterocycles. The molecule has 0 bridgehead atoms. The zero-order valence-corrected chi connectivity index (χ0v) is 9.45. The highest BCUT2D eigenvalue weighted by molar-refractivity contribution is 9.10. The molecule has 0 saturated carbocycles. The highest BCUT2D eigenvalue weighted by Crippen LogP contribution is 2.28. The molecule has 4 nitrogen and oxygen atoms in total. The summed E-state index contributed by atoms with van der Waals surface area (Å²) >= 11 is 3.13. The van der Waals surface area contributed by atoms with E-state index in [4.69, 9.17) is 10.4 Å². The van der Waals surface area contributed by atoms with E-state index in [1.54, 1.807) is 0 Å². The molecular weight excluding hydrogens is 262 g/mol. The normalized spacial score (nSPS) is 11.9. The van der Waals surface area contributed by atoms with Crippen LogP contribution < -0.4 is 0 Å². The number of carboxylic acid groups (broad SMARTS) is 1. The molecule has 1 aromatic carbocycles. The first kappa shape index (κ1) is 11.7. The van der Waals surface area contributed by atoms with Gasteiger partial charge in [0.1, 0.15) is 0 Å². The lowest BCUT2D eigenvalue weighted by atomic mass is 10.0. The summed E-state index contributed by atoms with van der Waals surface area (Å²) in [5.41, 5.74) is 0.459. The molecule has 0 radical (unpaired) electrons. The van der Waals surface area contributed by atoms with Crippen molar-refractivity contribution in [2.24, 2.45) is 0 Å². The summed E-state index contributed by atoms with van der Waals surface area (Å²) in [6.45, 7) is 1.47. The summed E-state index contributed by atoms with van der Waals surface area (Å²) in [5, 5.41) is 27.0. The Labute approximate surface area is 94.9 Å². The molecule has 0 aliphatic carbocycles. The topological polar surface area (TPSA) is 81.3 Å². The van der Waals surface area contributed by atoms with E-state index >= 15 is 0 Å². The molecule has 5 heteroatoms. The zero-order chi connectivity index (χ0) is 11.6. The molecule has 78 valence electrons. The number of aliphatic hydroxyl groups is 1. The van der Waals surface area contributed by atoms with E-state index in [-0.39, 0.29) is 16.7 Å². The molecule has 0 fully saturated rings. The number of halogens is 1. The van der Waals surface area contributed by atoms with Crippen molar-refractivity contribution in [2.75, 3.05) is 0 Å². The lowest BCUT2D eigenvalue weighted by Gasteiger charge is -2.11. The molecule has 0 aliphatic heterocycles. The number of hydrogen-bond donors (Lipinski definition) is 2. The first-order chi connectivity index (χ1) is 6.97. The lowest BCUT2D eigenvalue weighted by molar-refractivity contribution is 0.0690. The van der Waals surface area contributed by atoms with Crippen molar-refractivity contribution in [1.82, 2.24) is 0 Å². The Hall–Kier alpha value is -1.38. The van der Waals surface area contributed by atoms with Crippen molar-refractivity contribution in [3.63, 3.8) is 0 Å². The minimum absolute atomic E-state index is 0.0593. The number of aromatic carboxylic acids is 1. The van der Waals surface area contributed by atoms with Crippen LogP contribution in [0.2, 0.25) is 0 Å². The Morgan fingerprint density at radius 2 is 2.20 bits per heavy atom. The second kappa shape index (κ2) is 4.43. The minimum atomic E-state index is -1.16. The van der Waals surface area contributed by atoms with Gasteiger partial charge in [-0.25, -0.2) is 4.79 Å². The van der Waals surface area contributed by atoms with Gasteiger partial charge in [-0.2, -0.15) is 5.26 Å². The molecule has 1 atom stereocenters. The van der Waals surface area contributed by atoms with Crippen LogP contribution in [0.5, 0.6) is 0 Å². The van der Waals surface area contributed by atoms with Gasteiger partial charge >= 0.3 is 5.97 Å². The van der Waals surface area contributed by atoms with Crippen LogP contribution in [0.1, 0.15) is 34.5 Å². The van der Waals surface area contributed by atoms with E-state index in [0.29, 0.717) is 4.47 Å². The number of nitriles is 1. The van der Waals surface area contributed by atoms with E-state index in [1.165, 1.54) is 19.1 Å². The monoisotopic (exact) mass is 269 g/mol. The van der Waals surface area contributed by atoms with Gasteiger partial charge in [0.15, 0.2) is 0 Å². The third-order valence-electron chi connectivity index (χ3n) is 1.91. The van der Waals surface area contributed by atoms with Crippen LogP contribution in [0, 0.1) is 11.3 Å². The summed E-state index contributed by atoms with van der Waals surface area (Å²) < 4.78 is 0.425. The predicted octanol–water partition coefficient (Wildman–Crippen LogP) is 2.07. The number of rotatable bonds is 2.